The zero-order chi connectivity index (χ0) is 19.9. The van der Waals surface area contributed by atoms with Crippen molar-refractivity contribution in [1.29, 1.82) is 0 Å². The zero-order valence-electron chi connectivity index (χ0n) is 14.5. The van der Waals surface area contributed by atoms with Crippen molar-refractivity contribution in [3.8, 4) is 16.9 Å². The van der Waals surface area contributed by atoms with Gasteiger partial charge in [-0.2, -0.15) is 21.9 Å². The van der Waals surface area contributed by atoms with Gasteiger partial charge in [0.25, 0.3) is 0 Å². The largest absolute Gasteiger partial charge is 0.483 e. The van der Waals surface area contributed by atoms with E-state index >= 15 is 0 Å². The molecule has 146 valence electrons. The van der Waals surface area contributed by atoms with Crippen LogP contribution in [-0.2, 0) is 10.2 Å². The molecule has 0 amide bonds. The van der Waals surface area contributed by atoms with Crippen LogP contribution in [0.5, 0.6) is 5.75 Å². The molecule has 1 heterocycles. The van der Waals surface area contributed by atoms with Gasteiger partial charge in [0.1, 0.15) is 16.8 Å². The minimum atomic E-state index is -4.50. The molecular weight excluding hydrogens is 393 g/mol. The molecule has 9 heteroatoms. The summed E-state index contributed by atoms with van der Waals surface area (Å²) in [5, 5.41) is 9.63. The number of fused-ring (bicyclic) bond motifs is 1. The molecule has 3 aromatic rings. The van der Waals surface area contributed by atoms with Crippen molar-refractivity contribution in [3.63, 3.8) is 0 Å². The van der Waals surface area contributed by atoms with Crippen molar-refractivity contribution in [2.75, 3.05) is 6.61 Å². The number of aliphatic carboxylic acids is 1. The molecule has 1 aromatic heterocycles. The highest BCUT2D eigenvalue weighted by atomic mass is 32.1. The van der Waals surface area contributed by atoms with Crippen LogP contribution in [-0.4, -0.2) is 32.6 Å². The van der Waals surface area contributed by atoms with Gasteiger partial charge in [-0.25, -0.2) is 0 Å². The van der Waals surface area contributed by atoms with Crippen LogP contribution in [0.2, 0.25) is 0 Å². The van der Waals surface area contributed by atoms with E-state index in [1.807, 2.05) is 0 Å². The predicted octanol–water partition coefficient (Wildman–Crippen LogP) is 4.81. The summed E-state index contributed by atoms with van der Waals surface area (Å²) in [4.78, 5) is 11.8. The van der Waals surface area contributed by atoms with Crippen LogP contribution in [0.4, 0.5) is 13.2 Å². The van der Waals surface area contributed by atoms with Crippen LogP contribution in [0, 0.1) is 0 Å². The fraction of sp³-hybridized carbons (Fsp3) is 0.316. The number of aromatic nitrogens is 2. The van der Waals surface area contributed by atoms with Crippen molar-refractivity contribution in [2.24, 2.45) is 0 Å². The van der Waals surface area contributed by atoms with Crippen LogP contribution < -0.4 is 4.74 Å². The quantitative estimate of drug-likeness (QED) is 0.656. The van der Waals surface area contributed by atoms with Gasteiger partial charge in [0.05, 0.1) is 17.1 Å². The van der Waals surface area contributed by atoms with E-state index in [-0.39, 0.29) is 5.75 Å². The Morgan fingerprint density at radius 2 is 1.89 bits per heavy atom. The number of hydrogen-bond donors (Lipinski definition) is 1. The van der Waals surface area contributed by atoms with Crippen molar-refractivity contribution < 1.29 is 27.8 Å². The van der Waals surface area contributed by atoms with E-state index in [1.165, 1.54) is 6.07 Å². The number of rotatable bonds is 5. The van der Waals surface area contributed by atoms with Gasteiger partial charge in [0, 0.05) is 5.56 Å². The van der Waals surface area contributed by atoms with Crippen molar-refractivity contribution in [1.82, 2.24) is 8.75 Å². The number of hydrogen-bond acceptors (Lipinski definition) is 5. The average Bonchev–Trinajstić information content (AvgIpc) is 3.06. The van der Waals surface area contributed by atoms with Gasteiger partial charge in [0.15, 0.2) is 6.61 Å². The molecule has 1 aliphatic carbocycles. The highest BCUT2D eigenvalue weighted by molar-refractivity contribution is 7.00. The van der Waals surface area contributed by atoms with Gasteiger partial charge < -0.3 is 9.84 Å². The Kier molecular flexibility index (Phi) is 4.49. The van der Waals surface area contributed by atoms with E-state index < -0.39 is 24.2 Å². The zero-order valence-corrected chi connectivity index (χ0v) is 15.3. The standard InChI is InChI=1S/C19H15F3N2O3S/c20-19(21,22)10-27-16-9-12(18(17(25)26)6-1-7-18)3-4-13(16)11-2-5-14-15(8-11)24-28-23-14/h2-5,8-9H,1,6-7,10H2,(H,25,26). The lowest BCUT2D eigenvalue weighted by atomic mass is 9.64. The van der Waals surface area contributed by atoms with Gasteiger partial charge in [-0.05, 0) is 42.2 Å². The molecule has 0 spiro atoms. The maximum Gasteiger partial charge on any atom is 0.422 e. The molecule has 1 saturated carbocycles. The minimum absolute atomic E-state index is 0.00453. The van der Waals surface area contributed by atoms with Crippen molar-refractivity contribution in [2.45, 2.75) is 30.9 Å². The number of carboxylic acids is 1. The summed E-state index contributed by atoms with van der Waals surface area (Å²) in [6.45, 7) is -1.45. The van der Waals surface area contributed by atoms with Gasteiger partial charge in [0.2, 0.25) is 0 Å². The first kappa shape index (κ1) is 18.7. The van der Waals surface area contributed by atoms with E-state index in [0.29, 0.717) is 40.6 Å². The number of halogens is 3. The Morgan fingerprint density at radius 3 is 2.54 bits per heavy atom. The fourth-order valence-corrected chi connectivity index (χ4v) is 3.96. The second-order valence-corrected chi connectivity index (χ2v) is 7.35. The van der Waals surface area contributed by atoms with Gasteiger partial charge in [-0.3, -0.25) is 4.79 Å². The summed E-state index contributed by atoms with van der Waals surface area (Å²) in [6.07, 6.45) is -2.83. The Labute approximate surface area is 162 Å². The summed E-state index contributed by atoms with van der Waals surface area (Å²) < 4.78 is 51.6. The second kappa shape index (κ2) is 6.73. The maximum atomic E-state index is 12.7. The van der Waals surface area contributed by atoms with Crippen LogP contribution in [0.25, 0.3) is 22.2 Å². The van der Waals surface area contributed by atoms with Crippen LogP contribution >= 0.6 is 11.7 Å². The normalized spacial score (nSPS) is 16.0. The molecule has 0 atom stereocenters. The average molecular weight is 408 g/mol. The van der Waals surface area contributed by atoms with Gasteiger partial charge >= 0.3 is 12.1 Å². The van der Waals surface area contributed by atoms with Gasteiger partial charge in [-0.1, -0.05) is 24.6 Å². The lowest BCUT2D eigenvalue weighted by Gasteiger charge is -2.38. The van der Waals surface area contributed by atoms with Crippen LogP contribution in [0.1, 0.15) is 24.8 Å². The monoisotopic (exact) mass is 408 g/mol. The first-order valence-corrected chi connectivity index (χ1v) is 9.32. The molecule has 1 fully saturated rings. The molecular formula is C19H15F3N2O3S. The summed E-state index contributed by atoms with van der Waals surface area (Å²) in [5.41, 5.74) is 1.81. The number of benzene rings is 2. The molecule has 0 unspecified atom stereocenters. The third-order valence-electron chi connectivity index (χ3n) is 5.11. The smallest absolute Gasteiger partial charge is 0.422 e. The number of alkyl halides is 3. The molecule has 1 aliphatic rings. The third-order valence-corrected chi connectivity index (χ3v) is 5.66. The molecule has 0 saturated heterocycles. The lowest BCUT2D eigenvalue weighted by molar-refractivity contribution is -0.153. The van der Waals surface area contributed by atoms with E-state index in [1.54, 1.807) is 30.3 Å². The van der Waals surface area contributed by atoms with E-state index in [9.17, 15) is 23.1 Å². The Hall–Kier alpha value is -2.68. The maximum absolute atomic E-state index is 12.7. The van der Waals surface area contributed by atoms with Crippen LogP contribution in [0.15, 0.2) is 36.4 Å². The SMILES string of the molecule is O=C(O)C1(c2ccc(-c3ccc4nsnc4c3)c(OCC(F)(F)F)c2)CCC1. The first-order chi connectivity index (χ1) is 13.3. The Bertz CT molecular complexity index is 1040. The molecule has 2 aromatic carbocycles. The van der Waals surface area contributed by atoms with Crippen LogP contribution in [0.3, 0.4) is 0 Å². The van der Waals surface area contributed by atoms with Gasteiger partial charge in [-0.15, -0.1) is 0 Å². The van der Waals surface area contributed by atoms with E-state index in [2.05, 4.69) is 8.75 Å². The fourth-order valence-electron chi connectivity index (χ4n) is 3.44. The molecule has 0 aliphatic heterocycles. The molecule has 1 N–H and O–H groups in total. The molecule has 4 rings (SSSR count). The second-order valence-electron chi connectivity index (χ2n) is 6.82. The summed E-state index contributed by atoms with van der Waals surface area (Å²) >= 11 is 1.05. The first-order valence-electron chi connectivity index (χ1n) is 8.59. The summed E-state index contributed by atoms with van der Waals surface area (Å²) in [7, 11) is 0. The minimum Gasteiger partial charge on any atom is -0.483 e. The number of ether oxygens (including phenoxy) is 1. The number of carboxylic acid groups (broad SMARTS) is 1. The van der Waals surface area contributed by atoms with E-state index in [4.69, 9.17) is 4.74 Å². The molecule has 5 nitrogen and oxygen atoms in total. The topological polar surface area (TPSA) is 72.3 Å². The third kappa shape index (κ3) is 3.30. The molecule has 0 bridgehead atoms. The van der Waals surface area contributed by atoms with Crippen molar-refractivity contribution >= 4 is 28.7 Å². The molecule has 0 radical (unpaired) electrons. The highest BCUT2D eigenvalue weighted by Crippen LogP contribution is 2.46. The Morgan fingerprint density at radius 1 is 1.14 bits per heavy atom. The number of carbonyl (C=O) groups is 1. The Balaban J connectivity index is 1.79. The van der Waals surface area contributed by atoms with E-state index in [0.717, 1.165) is 18.1 Å². The predicted molar refractivity (Wildman–Crippen MR) is 97.6 cm³/mol. The highest BCUT2D eigenvalue weighted by Gasteiger charge is 2.46. The lowest BCUT2D eigenvalue weighted by Crippen LogP contribution is -2.42. The molecule has 28 heavy (non-hydrogen) atoms. The number of nitrogens with zero attached hydrogens (tertiary/aromatic N) is 2. The van der Waals surface area contributed by atoms with Crippen molar-refractivity contribution in [3.05, 3.63) is 42.0 Å². The summed E-state index contributed by atoms with van der Waals surface area (Å²) in [5.74, 6) is -0.965. The summed E-state index contributed by atoms with van der Waals surface area (Å²) in [6, 6.07) is 9.90.